The summed E-state index contributed by atoms with van der Waals surface area (Å²) in [5.74, 6) is -0.830. The van der Waals surface area contributed by atoms with Gasteiger partial charge in [-0.2, -0.15) is 0 Å². The number of nitrogens with zero attached hydrogens (tertiary/aromatic N) is 2. The van der Waals surface area contributed by atoms with E-state index in [-0.39, 0.29) is 45.0 Å². The van der Waals surface area contributed by atoms with Crippen LogP contribution in [0.5, 0.6) is 0 Å². The van der Waals surface area contributed by atoms with Crippen molar-refractivity contribution in [3.05, 3.63) is 30.1 Å². The first kappa shape index (κ1) is 19.3. The summed E-state index contributed by atoms with van der Waals surface area (Å²) in [6, 6.07) is 3.52. The molecule has 0 bridgehead atoms. The van der Waals surface area contributed by atoms with E-state index in [1.807, 2.05) is 0 Å². The first-order valence-corrected chi connectivity index (χ1v) is 8.26. The van der Waals surface area contributed by atoms with Crippen LogP contribution in [0.2, 0.25) is 0 Å². The lowest BCUT2D eigenvalue weighted by molar-refractivity contribution is -0.145. The number of likely N-dealkylation sites (tertiary alicyclic amines) is 1. The summed E-state index contributed by atoms with van der Waals surface area (Å²) >= 11 is 0. The molecular formula is C17H24FN3O4. The quantitative estimate of drug-likeness (QED) is 0.696. The van der Waals surface area contributed by atoms with Gasteiger partial charge in [-0.15, -0.1) is 0 Å². The fourth-order valence-corrected chi connectivity index (χ4v) is 2.57. The number of nitrogens with one attached hydrogen (secondary N) is 1. The van der Waals surface area contributed by atoms with Crippen molar-refractivity contribution in [3.63, 3.8) is 0 Å². The zero-order valence-corrected chi connectivity index (χ0v) is 14.4. The van der Waals surface area contributed by atoms with E-state index in [1.54, 1.807) is 31.6 Å². The van der Waals surface area contributed by atoms with Crippen LogP contribution in [0, 0.1) is 0 Å². The van der Waals surface area contributed by atoms with Crippen molar-refractivity contribution in [1.82, 2.24) is 15.2 Å². The fraction of sp³-hybridized carbons (Fsp3) is 0.588. The van der Waals surface area contributed by atoms with Crippen molar-refractivity contribution in [1.29, 1.82) is 0 Å². The number of alkyl halides is 1. The van der Waals surface area contributed by atoms with E-state index in [1.165, 1.54) is 4.90 Å². The molecule has 1 aliphatic heterocycles. The highest BCUT2D eigenvalue weighted by molar-refractivity contribution is 5.85. The third-order valence-corrected chi connectivity index (χ3v) is 4.18. The standard InChI is InChI=1S/C17H24FN3O4/c1-24-10-11-25-13-15(22)21-8-4-17(18,5-9-21)16(23)20-12-14-2-6-19-7-3-14/h2-3,6-7H,4-5,8-13H2,1H3,(H,20,23). The highest BCUT2D eigenvalue weighted by Gasteiger charge is 2.42. The molecule has 0 aromatic carbocycles. The van der Waals surface area contributed by atoms with Gasteiger partial charge in [-0.25, -0.2) is 4.39 Å². The summed E-state index contributed by atoms with van der Waals surface area (Å²) in [4.78, 5) is 29.6. The van der Waals surface area contributed by atoms with Crippen molar-refractivity contribution < 1.29 is 23.5 Å². The van der Waals surface area contributed by atoms with E-state index in [2.05, 4.69) is 10.3 Å². The Hall–Kier alpha value is -2.06. The zero-order chi connectivity index (χ0) is 18.1. The zero-order valence-electron chi connectivity index (χ0n) is 14.4. The maximum absolute atomic E-state index is 14.8. The smallest absolute Gasteiger partial charge is 0.258 e. The number of hydrogen-bond acceptors (Lipinski definition) is 5. The van der Waals surface area contributed by atoms with Crippen LogP contribution in [-0.2, 0) is 25.6 Å². The Morgan fingerprint density at radius 3 is 2.60 bits per heavy atom. The van der Waals surface area contributed by atoms with Crippen LogP contribution < -0.4 is 5.32 Å². The average Bonchev–Trinajstić information content (AvgIpc) is 2.64. The molecule has 0 unspecified atom stereocenters. The van der Waals surface area contributed by atoms with E-state index in [0.29, 0.717) is 13.2 Å². The fourth-order valence-electron chi connectivity index (χ4n) is 2.57. The van der Waals surface area contributed by atoms with Crippen molar-refractivity contribution in [2.45, 2.75) is 25.1 Å². The van der Waals surface area contributed by atoms with Gasteiger partial charge in [0.15, 0.2) is 5.67 Å². The molecule has 1 N–H and O–H groups in total. The van der Waals surface area contributed by atoms with Gasteiger partial charge >= 0.3 is 0 Å². The van der Waals surface area contributed by atoms with E-state index in [9.17, 15) is 14.0 Å². The molecule has 0 aliphatic carbocycles. The first-order valence-electron chi connectivity index (χ1n) is 8.26. The van der Waals surface area contributed by atoms with Crippen LogP contribution in [0.25, 0.3) is 0 Å². The maximum atomic E-state index is 14.8. The molecule has 2 heterocycles. The summed E-state index contributed by atoms with van der Waals surface area (Å²) in [5.41, 5.74) is -1.09. The SMILES string of the molecule is COCCOCC(=O)N1CCC(F)(C(=O)NCc2ccncc2)CC1. The Kier molecular flexibility index (Phi) is 7.27. The molecule has 1 aromatic heterocycles. The van der Waals surface area contributed by atoms with Crippen molar-refractivity contribution in [2.75, 3.05) is 40.0 Å². The Bertz CT molecular complexity index is 562. The van der Waals surface area contributed by atoms with Crippen molar-refractivity contribution >= 4 is 11.8 Å². The second-order valence-corrected chi connectivity index (χ2v) is 5.93. The normalized spacial score (nSPS) is 16.5. The number of methoxy groups -OCH3 is 1. The van der Waals surface area contributed by atoms with E-state index in [4.69, 9.17) is 9.47 Å². The van der Waals surface area contributed by atoms with Gasteiger partial charge in [-0.1, -0.05) is 0 Å². The molecule has 0 saturated carbocycles. The number of carbonyl (C=O) groups excluding carboxylic acids is 2. The number of pyridine rings is 1. The van der Waals surface area contributed by atoms with Crippen LogP contribution in [0.15, 0.2) is 24.5 Å². The average molecular weight is 353 g/mol. The minimum Gasteiger partial charge on any atom is -0.382 e. The van der Waals surface area contributed by atoms with Crippen LogP contribution >= 0.6 is 0 Å². The summed E-state index contributed by atoms with van der Waals surface area (Å²) in [5, 5.41) is 2.62. The number of hydrogen-bond donors (Lipinski definition) is 1. The monoisotopic (exact) mass is 353 g/mol. The maximum Gasteiger partial charge on any atom is 0.258 e. The topological polar surface area (TPSA) is 80.8 Å². The molecule has 138 valence electrons. The molecule has 0 spiro atoms. The predicted octanol–water partition coefficient (Wildman–Crippen LogP) is 0.692. The highest BCUT2D eigenvalue weighted by Crippen LogP contribution is 2.27. The lowest BCUT2D eigenvalue weighted by Crippen LogP contribution is -2.52. The summed E-state index contributed by atoms with van der Waals surface area (Å²) in [6.07, 6.45) is 3.20. The second kappa shape index (κ2) is 9.43. The van der Waals surface area contributed by atoms with Gasteiger partial charge in [0.2, 0.25) is 5.91 Å². The first-order chi connectivity index (χ1) is 12.0. The molecule has 2 rings (SSSR count). The van der Waals surface area contributed by atoms with E-state index >= 15 is 0 Å². The molecule has 1 aliphatic rings. The van der Waals surface area contributed by atoms with Gasteiger partial charge in [0, 0.05) is 52.0 Å². The number of amides is 2. The largest absolute Gasteiger partial charge is 0.382 e. The molecular weight excluding hydrogens is 329 g/mol. The Labute approximate surface area is 146 Å². The van der Waals surface area contributed by atoms with E-state index < -0.39 is 11.6 Å². The number of carbonyl (C=O) groups is 2. The third-order valence-electron chi connectivity index (χ3n) is 4.18. The Balaban J connectivity index is 1.75. The molecule has 8 heteroatoms. The van der Waals surface area contributed by atoms with Crippen molar-refractivity contribution in [2.24, 2.45) is 0 Å². The molecule has 7 nitrogen and oxygen atoms in total. The lowest BCUT2D eigenvalue weighted by Gasteiger charge is -2.35. The predicted molar refractivity (Wildman–Crippen MR) is 88.4 cm³/mol. The van der Waals surface area contributed by atoms with Crippen LogP contribution in [-0.4, -0.2) is 67.4 Å². The molecule has 0 atom stereocenters. The highest BCUT2D eigenvalue weighted by atomic mass is 19.1. The number of aromatic nitrogens is 1. The van der Waals surface area contributed by atoms with Gasteiger partial charge in [-0.3, -0.25) is 14.6 Å². The van der Waals surface area contributed by atoms with Crippen molar-refractivity contribution in [3.8, 4) is 0 Å². The van der Waals surface area contributed by atoms with Gasteiger partial charge < -0.3 is 19.7 Å². The minimum absolute atomic E-state index is 0.0149. The van der Waals surface area contributed by atoms with E-state index in [0.717, 1.165) is 5.56 Å². The van der Waals surface area contributed by atoms with Crippen LogP contribution in [0.1, 0.15) is 18.4 Å². The van der Waals surface area contributed by atoms with Crippen LogP contribution in [0.3, 0.4) is 0 Å². The molecule has 2 amide bonds. The Morgan fingerprint density at radius 1 is 1.28 bits per heavy atom. The Morgan fingerprint density at radius 2 is 1.96 bits per heavy atom. The second-order valence-electron chi connectivity index (χ2n) is 5.93. The number of ether oxygens (including phenoxy) is 2. The molecule has 1 aromatic rings. The summed E-state index contributed by atoms with van der Waals surface area (Å²) in [6.45, 7) is 1.34. The molecule has 0 radical (unpaired) electrons. The minimum atomic E-state index is -1.94. The third kappa shape index (κ3) is 5.75. The number of halogens is 1. The molecule has 1 fully saturated rings. The van der Waals surface area contributed by atoms with Gasteiger partial charge in [0.1, 0.15) is 6.61 Å². The number of piperidine rings is 1. The van der Waals surface area contributed by atoms with Gasteiger partial charge in [-0.05, 0) is 17.7 Å². The van der Waals surface area contributed by atoms with Gasteiger partial charge in [0.05, 0.1) is 13.2 Å². The molecule has 25 heavy (non-hydrogen) atoms. The summed E-state index contributed by atoms with van der Waals surface area (Å²) in [7, 11) is 1.55. The van der Waals surface area contributed by atoms with Crippen LogP contribution in [0.4, 0.5) is 4.39 Å². The van der Waals surface area contributed by atoms with Gasteiger partial charge in [0.25, 0.3) is 5.91 Å². The summed E-state index contributed by atoms with van der Waals surface area (Å²) < 4.78 is 24.9. The number of rotatable bonds is 8. The molecule has 1 saturated heterocycles. The lowest BCUT2D eigenvalue weighted by atomic mass is 9.92.